The van der Waals surface area contributed by atoms with Gasteiger partial charge in [-0.3, -0.25) is 10.1 Å². The molecule has 2 N–H and O–H groups in total. The highest BCUT2D eigenvalue weighted by Gasteiger charge is 2.16. The van der Waals surface area contributed by atoms with E-state index in [4.69, 9.17) is 14.9 Å². The first-order chi connectivity index (χ1) is 7.54. The molecule has 88 valence electrons. The molecule has 0 aliphatic rings. The maximum atomic E-state index is 10.7. The average molecular weight is 227 g/mol. The molecular weight excluding hydrogens is 214 g/mol. The molecule has 6 heteroatoms. The van der Waals surface area contributed by atoms with Crippen molar-refractivity contribution in [2.75, 3.05) is 6.61 Å². The fourth-order valence-electron chi connectivity index (χ4n) is 1.14. The van der Waals surface area contributed by atoms with Crippen molar-refractivity contribution in [3.8, 4) is 5.75 Å². The summed E-state index contributed by atoms with van der Waals surface area (Å²) in [5.74, 6) is 0.0862. The molecule has 0 radical (unpaired) electrons. The van der Waals surface area contributed by atoms with E-state index in [9.17, 15) is 10.1 Å². The fourth-order valence-corrected chi connectivity index (χ4v) is 1.14. The Bertz CT molecular complexity index is 377. The van der Waals surface area contributed by atoms with Crippen LogP contribution in [0.1, 0.15) is 12.5 Å². The number of hydrogen-bond acceptors (Lipinski definition) is 5. The van der Waals surface area contributed by atoms with Gasteiger partial charge in [-0.05, 0) is 18.6 Å². The number of aliphatic hydroxyl groups excluding tert-OH is 2. The third-order valence-electron chi connectivity index (χ3n) is 1.88. The van der Waals surface area contributed by atoms with Gasteiger partial charge in [-0.2, -0.15) is 0 Å². The summed E-state index contributed by atoms with van der Waals surface area (Å²) >= 11 is 0. The molecule has 0 bridgehead atoms. The molecule has 0 aliphatic heterocycles. The summed E-state index contributed by atoms with van der Waals surface area (Å²) in [7, 11) is 0. The third-order valence-corrected chi connectivity index (χ3v) is 1.88. The molecule has 0 spiro atoms. The minimum Gasteiger partial charge on any atom is -0.484 e. The highest BCUT2D eigenvalue weighted by Crippen LogP contribution is 2.28. The first-order valence-corrected chi connectivity index (χ1v) is 4.73. The van der Waals surface area contributed by atoms with Gasteiger partial charge >= 0.3 is 5.69 Å². The van der Waals surface area contributed by atoms with Gasteiger partial charge in [0.25, 0.3) is 0 Å². The summed E-state index contributed by atoms with van der Waals surface area (Å²) in [6, 6.07) is 4.19. The Hall–Kier alpha value is -1.66. The second-order valence-electron chi connectivity index (χ2n) is 3.38. The van der Waals surface area contributed by atoms with E-state index in [0.717, 1.165) is 0 Å². The largest absolute Gasteiger partial charge is 0.484 e. The Morgan fingerprint density at radius 1 is 1.56 bits per heavy atom. The summed E-state index contributed by atoms with van der Waals surface area (Å²) < 4.78 is 5.09. The van der Waals surface area contributed by atoms with Gasteiger partial charge in [-0.25, -0.2) is 0 Å². The molecule has 1 rings (SSSR count). The van der Waals surface area contributed by atoms with E-state index in [2.05, 4.69) is 0 Å². The standard InChI is InChI=1S/C10H13NO5/c1-7(13)6-16-10-3-2-8(5-12)4-9(10)11(14)15/h2-4,7,12-13H,5-6H2,1H3. The minimum atomic E-state index is -0.697. The van der Waals surface area contributed by atoms with Crippen molar-refractivity contribution in [3.05, 3.63) is 33.9 Å². The van der Waals surface area contributed by atoms with Crippen molar-refractivity contribution < 1.29 is 19.9 Å². The van der Waals surface area contributed by atoms with Gasteiger partial charge in [0.2, 0.25) is 0 Å². The maximum Gasteiger partial charge on any atom is 0.311 e. The molecule has 1 aromatic rings. The predicted molar refractivity (Wildman–Crippen MR) is 56.2 cm³/mol. The van der Waals surface area contributed by atoms with Crippen LogP contribution >= 0.6 is 0 Å². The van der Waals surface area contributed by atoms with E-state index >= 15 is 0 Å². The number of benzene rings is 1. The number of nitro benzene ring substituents is 1. The lowest BCUT2D eigenvalue weighted by Gasteiger charge is -2.08. The number of nitro groups is 1. The topological polar surface area (TPSA) is 92.8 Å². The molecule has 0 aromatic heterocycles. The van der Waals surface area contributed by atoms with Gasteiger partial charge in [0.15, 0.2) is 5.75 Å². The zero-order valence-corrected chi connectivity index (χ0v) is 8.79. The lowest BCUT2D eigenvalue weighted by Crippen LogP contribution is -2.13. The van der Waals surface area contributed by atoms with Crippen LogP contribution in [0.4, 0.5) is 5.69 Å². The summed E-state index contributed by atoms with van der Waals surface area (Å²) in [5.41, 5.74) is 0.225. The minimum absolute atomic E-state index is 0.0146. The Morgan fingerprint density at radius 2 is 2.25 bits per heavy atom. The van der Waals surface area contributed by atoms with Crippen molar-refractivity contribution in [2.45, 2.75) is 19.6 Å². The zero-order chi connectivity index (χ0) is 12.1. The SMILES string of the molecule is CC(O)COc1ccc(CO)cc1[N+](=O)[O-]. The van der Waals surface area contributed by atoms with Crippen LogP contribution in [-0.2, 0) is 6.61 Å². The van der Waals surface area contributed by atoms with Crippen LogP contribution in [0.2, 0.25) is 0 Å². The quantitative estimate of drug-likeness (QED) is 0.574. The Kier molecular flexibility index (Phi) is 4.21. The van der Waals surface area contributed by atoms with Crippen LogP contribution in [0.3, 0.4) is 0 Å². The van der Waals surface area contributed by atoms with Gasteiger partial charge < -0.3 is 14.9 Å². The number of aliphatic hydroxyl groups is 2. The monoisotopic (exact) mass is 227 g/mol. The lowest BCUT2D eigenvalue weighted by molar-refractivity contribution is -0.386. The summed E-state index contributed by atoms with van der Waals surface area (Å²) in [6.07, 6.45) is -0.697. The summed E-state index contributed by atoms with van der Waals surface area (Å²) in [5, 5.41) is 28.6. The molecule has 0 heterocycles. The van der Waals surface area contributed by atoms with E-state index in [1.54, 1.807) is 0 Å². The van der Waals surface area contributed by atoms with Crippen LogP contribution in [0.25, 0.3) is 0 Å². The van der Waals surface area contributed by atoms with Crippen molar-refractivity contribution in [1.82, 2.24) is 0 Å². The van der Waals surface area contributed by atoms with Crippen molar-refractivity contribution >= 4 is 5.69 Å². The van der Waals surface area contributed by atoms with E-state index in [1.165, 1.54) is 25.1 Å². The number of ether oxygens (including phenoxy) is 1. The number of hydrogen-bond donors (Lipinski definition) is 2. The Labute approximate surface area is 92.2 Å². The molecule has 0 saturated heterocycles. The first-order valence-electron chi connectivity index (χ1n) is 4.73. The molecule has 1 unspecified atom stereocenters. The van der Waals surface area contributed by atoms with Gasteiger partial charge in [-0.15, -0.1) is 0 Å². The molecule has 0 aliphatic carbocycles. The van der Waals surface area contributed by atoms with Crippen LogP contribution in [0.15, 0.2) is 18.2 Å². The summed E-state index contributed by atoms with van der Waals surface area (Å²) in [6.45, 7) is 1.24. The van der Waals surface area contributed by atoms with Crippen LogP contribution in [-0.4, -0.2) is 27.8 Å². The van der Waals surface area contributed by atoms with E-state index in [0.29, 0.717) is 5.56 Å². The number of rotatable bonds is 5. The highest BCUT2D eigenvalue weighted by molar-refractivity contribution is 5.48. The second-order valence-corrected chi connectivity index (χ2v) is 3.38. The van der Waals surface area contributed by atoms with Crippen LogP contribution in [0.5, 0.6) is 5.75 Å². The zero-order valence-electron chi connectivity index (χ0n) is 8.79. The van der Waals surface area contributed by atoms with Gasteiger partial charge in [0.1, 0.15) is 6.61 Å². The maximum absolute atomic E-state index is 10.7. The third kappa shape index (κ3) is 3.18. The van der Waals surface area contributed by atoms with Gasteiger partial charge in [-0.1, -0.05) is 6.07 Å². The summed E-state index contributed by atoms with van der Waals surface area (Å²) in [4.78, 5) is 10.1. The van der Waals surface area contributed by atoms with Crippen molar-refractivity contribution in [2.24, 2.45) is 0 Å². The van der Waals surface area contributed by atoms with Crippen molar-refractivity contribution in [1.29, 1.82) is 0 Å². The van der Waals surface area contributed by atoms with E-state index in [-0.39, 0.29) is 24.7 Å². The Morgan fingerprint density at radius 3 is 2.75 bits per heavy atom. The van der Waals surface area contributed by atoms with Crippen LogP contribution in [0, 0.1) is 10.1 Å². The van der Waals surface area contributed by atoms with Gasteiger partial charge in [0, 0.05) is 6.07 Å². The fraction of sp³-hybridized carbons (Fsp3) is 0.400. The lowest BCUT2D eigenvalue weighted by atomic mass is 10.2. The molecule has 0 fully saturated rings. The number of nitrogens with zero attached hydrogens (tertiary/aromatic N) is 1. The predicted octanol–water partition coefficient (Wildman–Crippen LogP) is 0.847. The van der Waals surface area contributed by atoms with Crippen LogP contribution < -0.4 is 4.74 Å². The Balaban J connectivity index is 2.94. The molecule has 1 atom stereocenters. The molecule has 0 amide bonds. The highest BCUT2D eigenvalue weighted by atomic mass is 16.6. The molecule has 1 aromatic carbocycles. The van der Waals surface area contributed by atoms with Gasteiger partial charge in [0.05, 0.1) is 17.6 Å². The molecule has 6 nitrogen and oxygen atoms in total. The molecule has 0 saturated carbocycles. The van der Waals surface area contributed by atoms with E-state index < -0.39 is 11.0 Å². The smallest absolute Gasteiger partial charge is 0.311 e. The molecule has 16 heavy (non-hydrogen) atoms. The second kappa shape index (κ2) is 5.43. The average Bonchev–Trinajstić information content (AvgIpc) is 2.25. The van der Waals surface area contributed by atoms with Crippen molar-refractivity contribution in [3.63, 3.8) is 0 Å². The van der Waals surface area contributed by atoms with E-state index in [1.807, 2.05) is 0 Å². The normalized spacial score (nSPS) is 12.2. The first kappa shape index (κ1) is 12.4. The molecular formula is C10H13NO5.